The van der Waals surface area contributed by atoms with Crippen LogP contribution in [-0.4, -0.2) is 70.6 Å². The lowest BCUT2D eigenvalue weighted by molar-refractivity contribution is 0.673. The van der Waals surface area contributed by atoms with E-state index in [1.807, 2.05) is 0 Å². The van der Waals surface area contributed by atoms with E-state index < -0.39 is 5.41 Å². The van der Waals surface area contributed by atoms with Crippen molar-refractivity contribution in [2.75, 3.05) is 4.90 Å². The minimum Gasteiger partial charge on any atom is -0.455 e. The lowest BCUT2D eigenvalue weighted by atomic mass is 9.56. The highest BCUT2D eigenvalue weighted by atomic mass is 16.3. The fourth-order valence-electron chi connectivity index (χ4n) is 12.5. The molecule has 0 saturated carbocycles. The van der Waals surface area contributed by atoms with Gasteiger partial charge in [-0.25, -0.2) is 0 Å². The maximum atomic E-state index is 6.74. The molecule has 322 valence electrons. The first-order valence-electron chi connectivity index (χ1n) is 24.8. The number of benzene rings is 10. The predicted octanol–water partition coefficient (Wildman–Crippen LogP) is 0.232. The third kappa shape index (κ3) is 6.33. The van der Waals surface area contributed by atoms with Gasteiger partial charge in [0.2, 0.25) is 0 Å². The van der Waals surface area contributed by atoms with Crippen molar-refractivity contribution in [3.05, 3.63) is 204 Å². The summed E-state index contributed by atoms with van der Waals surface area (Å²) in [7, 11) is 20.9. The number of hydrogen-bond acceptors (Lipinski definition) is 2. The monoisotopic (exact) mass is 885 g/mol. The molecule has 0 N–H and O–H groups in total. The van der Waals surface area contributed by atoms with Gasteiger partial charge in [-0.3, -0.25) is 0 Å². The van der Waals surface area contributed by atoms with Crippen LogP contribution in [0.5, 0.6) is 0 Å². The number of anilines is 3. The molecular weight excluding hydrogens is 836 g/mol. The van der Waals surface area contributed by atoms with Crippen LogP contribution in [0.4, 0.5) is 17.1 Å². The molecule has 11 aromatic rings. The molecule has 0 radical (unpaired) electrons. The summed E-state index contributed by atoms with van der Waals surface area (Å²) >= 11 is 0. The van der Waals surface area contributed by atoms with Crippen LogP contribution in [0, 0.1) is 0 Å². The molecule has 0 saturated heterocycles. The molecule has 2 nitrogen and oxygen atoms in total. The van der Waals surface area contributed by atoms with E-state index in [0.29, 0.717) is 0 Å². The van der Waals surface area contributed by atoms with Gasteiger partial charge in [-0.1, -0.05) is 178 Å². The van der Waals surface area contributed by atoms with Crippen molar-refractivity contribution in [1.82, 2.24) is 0 Å². The summed E-state index contributed by atoms with van der Waals surface area (Å²) in [4.78, 5) is 2.56. The Morgan fingerprint density at radius 2 is 0.914 bits per heavy atom. The molecule has 1 aliphatic carbocycles. The van der Waals surface area contributed by atoms with Crippen molar-refractivity contribution in [1.29, 1.82) is 0 Å². The molecule has 11 heteroatoms. The lowest BCUT2D eigenvalue weighted by Gasteiger charge is -2.36. The number of rotatable bonds is 7. The summed E-state index contributed by atoms with van der Waals surface area (Å²) in [6, 6.07) is 67.3. The molecule has 0 amide bonds. The van der Waals surface area contributed by atoms with E-state index in [1.165, 1.54) is 105 Å². The summed E-state index contributed by atoms with van der Waals surface area (Å²) in [6.45, 7) is 0. The van der Waals surface area contributed by atoms with Crippen LogP contribution in [-0.2, 0) is 5.41 Å². The van der Waals surface area contributed by atoms with Crippen LogP contribution < -0.4 is 54.1 Å². The molecular formula is C59H48B9NO. The van der Waals surface area contributed by atoms with Gasteiger partial charge in [-0.2, -0.15) is 0 Å². The van der Waals surface area contributed by atoms with Crippen LogP contribution in [0.1, 0.15) is 22.3 Å². The minimum absolute atomic E-state index is 0.546. The highest BCUT2D eigenvalue weighted by Crippen LogP contribution is 2.57. The van der Waals surface area contributed by atoms with Crippen molar-refractivity contribution in [3.8, 4) is 33.4 Å². The van der Waals surface area contributed by atoms with E-state index in [-0.39, 0.29) is 0 Å². The minimum atomic E-state index is -0.546. The van der Waals surface area contributed by atoms with E-state index in [1.54, 1.807) is 0 Å². The highest BCUT2D eigenvalue weighted by Gasteiger charge is 2.46. The van der Waals surface area contributed by atoms with E-state index in [2.05, 4.69) is 258 Å². The van der Waals surface area contributed by atoms with Crippen molar-refractivity contribution in [2.45, 2.75) is 5.41 Å². The normalized spacial score (nSPS) is 12.6. The molecule has 0 atom stereocenters. The number of hydrogen-bond donors (Lipinski definition) is 0. The second-order valence-electron chi connectivity index (χ2n) is 19.8. The molecule has 70 heavy (non-hydrogen) atoms. The Labute approximate surface area is 419 Å². The third-order valence-corrected chi connectivity index (χ3v) is 16.6. The first kappa shape index (κ1) is 43.9. The van der Waals surface area contributed by atoms with Crippen LogP contribution in [0.25, 0.3) is 66.1 Å². The molecule has 0 aliphatic heterocycles. The van der Waals surface area contributed by atoms with E-state index in [0.717, 1.165) is 49.8 Å². The zero-order valence-corrected chi connectivity index (χ0v) is 41.7. The van der Waals surface area contributed by atoms with Gasteiger partial charge >= 0.3 is 0 Å². The van der Waals surface area contributed by atoms with Gasteiger partial charge in [0, 0.05) is 33.2 Å². The fourth-order valence-corrected chi connectivity index (χ4v) is 12.5. The summed E-state index contributed by atoms with van der Waals surface area (Å²) in [6.07, 6.45) is 0. The summed E-state index contributed by atoms with van der Waals surface area (Å²) in [5.74, 6) is 0. The van der Waals surface area contributed by atoms with Gasteiger partial charge in [0.05, 0.1) is 5.41 Å². The van der Waals surface area contributed by atoms with Gasteiger partial charge in [0.15, 0.2) is 0 Å². The van der Waals surface area contributed by atoms with Gasteiger partial charge in [-0.15, -0.1) is 16.4 Å². The van der Waals surface area contributed by atoms with Crippen molar-refractivity contribution in [3.63, 3.8) is 0 Å². The van der Waals surface area contributed by atoms with Crippen LogP contribution in [0.15, 0.2) is 186 Å². The summed E-state index contributed by atoms with van der Waals surface area (Å²) in [5.41, 5.74) is 29.4. The second-order valence-corrected chi connectivity index (χ2v) is 19.8. The van der Waals surface area contributed by atoms with Crippen molar-refractivity contribution in [2.24, 2.45) is 0 Å². The second kappa shape index (κ2) is 16.7. The van der Waals surface area contributed by atoms with E-state index in [4.69, 9.17) is 4.42 Å². The topological polar surface area (TPSA) is 16.4 Å². The largest absolute Gasteiger partial charge is 0.455 e. The van der Waals surface area contributed by atoms with Crippen LogP contribution in [0.3, 0.4) is 0 Å². The van der Waals surface area contributed by atoms with Crippen LogP contribution >= 0.6 is 0 Å². The zero-order chi connectivity index (χ0) is 48.2. The standard InChI is InChI=1S/C59H48B9NO/c60-48-46(49(61)53(65)54(66)52(48)64)47-50(62)55(67)57(56(68)51(47)63)69(35-19-11-14-32(29-35)37-22-12-24-44-45(37)41-27-25-31-13-7-8-20-38(31)58(41)70-44)36-26-28-40-39-21-9-10-23-42(39)59(43(40)30-36,33-15-3-1-4-16-33)34-17-5-2-6-18-34/h1-30H,60-68H2. The van der Waals surface area contributed by atoms with E-state index in [9.17, 15) is 0 Å². The molecule has 12 rings (SSSR count). The molecule has 10 aromatic carbocycles. The Morgan fingerprint density at radius 3 is 1.60 bits per heavy atom. The smallest absolute Gasteiger partial charge is 0.143 e. The first-order chi connectivity index (χ1) is 34.0. The Hall–Kier alpha value is -7.36. The molecule has 1 heterocycles. The molecule has 0 unspecified atom stereocenters. The molecule has 0 bridgehead atoms. The first-order valence-corrected chi connectivity index (χ1v) is 24.8. The van der Waals surface area contributed by atoms with Crippen molar-refractivity contribution < 1.29 is 4.42 Å². The molecule has 0 spiro atoms. The van der Waals surface area contributed by atoms with Crippen LogP contribution in [0.2, 0.25) is 0 Å². The number of fused-ring (bicyclic) bond motifs is 8. The fraction of sp³-hybridized carbons (Fsp3) is 0.0169. The SMILES string of the molecule is Bc1c(B)c(B)c(-c2c(B)c(B)c(N(c3cccc(-c4cccc5oc6c7ccccc7ccc6c45)c3)c3ccc4c(c3)C(c3ccccc3)(c3ccccc3)c3ccccc3-4)c(B)c2B)c(B)c1B. The molecule has 1 aromatic heterocycles. The molecule has 1 aliphatic rings. The lowest BCUT2D eigenvalue weighted by Crippen LogP contribution is -2.57. The van der Waals surface area contributed by atoms with Gasteiger partial charge in [0.1, 0.15) is 81.8 Å². The third-order valence-electron chi connectivity index (χ3n) is 16.6. The Morgan fingerprint density at radius 1 is 0.371 bits per heavy atom. The predicted molar refractivity (Wildman–Crippen MR) is 328 cm³/mol. The Bertz CT molecular complexity index is 3870. The van der Waals surface area contributed by atoms with Crippen molar-refractivity contribution >= 4 is 170 Å². The van der Waals surface area contributed by atoms with Gasteiger partial charge in [-0.05, 0) is 97.4 Å². The zero-order valence-electron chi connectivity index (χ0n) is 41.7. The van der Waals surface area contributed by atoms with Gasteiger partial charge < -0.3 is 9.32 Å². The maximum Gasteiger partial charge on any atom is 0.143 e. The quantitative estimate of drug-likeness (QED) is 0.214. The average molecular weight is 884 g/mol. The Kier molecular flexibility index (Phi) is 10.4. The summed E-state index contributed by atoms with van der Waals surface area (Å²) in [5, 5.41) is 4.57. The molecule has 0 fully saturated rings. The number of nitrogens with zero attached hydrogens (tertiary/aromatic N) is 1. The summed E-state index contributed by atoms with van der Waals surface area (Å²) < 4.78 is 6.74. The maximum absolute atomic E-state index is 6.74. The van der Waals surface area contributed by atoms with Gasteiger partial charge in [0.25, 0.3) is 0 Å². The highest BCUT2D eigenvalue weighted by molar-refractivity contribution is 6.71. The van der Waals surface area contributed by atoms with E-state index >= 15 is 0 Å². The average Bonchev–Trinajstić information content (AvgIpc) is 3.94. The Balaban J connectivity index is 1.14. The number of furan rings is 1.